The molecule has 4 aromatic rings. The van der Waals surface area contributed by atoms with Gasteiger partial charge in [-0.3, -0.25) is 9.59 Å². The predicted octanol–water partition coefficient (Wildman–Crippen LogP) is 5.83. The van der Waals surface area contributed by atoms with E-state index >= 15 is 0 Å². The van der Waals surface area contributed by atoms with Gasteiger partial charge in [0, 0.05) is 21.7 Å². The monoisotopic (exact) mass is 585 g/mol. The number of amides is 1. The summed E-state index contributed by atoms with van der Waals surface area (Å²) in [5, 5.41) is 2.49. The summed E-state index contributed by atoms with van der Waals surface area (Å²) < 4.78 is 45.3. The van der Waals surface area contributed by atoms with Gasteiger partial charge in [-0.2, -0.15) is 0 Å². The van der Waals surface area contributed by atoms with Crippen LogP contribution >= 0.6 is 0 Å². The van der Waals surface area contributed by atoms with E-state index in [-0.39, 0.29) is 26.1 Å². The molecule has 0 spiro atoms. The Morgan fingerprint density at radius 3 is 1.95 bits per heavy atom. The predicted molar refractivity (Wildman–Crippen MR) is 163 cm³/mol. The van der Waals surface area contributed by atoms with Gasteiger partial charge in [-0.15, -0.1) is 0 Å². The highest BCUT2D eigenvalue weighted by molar-refractivity contribution is 5.79. The standard InChI is InChI=1S/C35H37NO7/c1-25(37)41-24-30-29(15-17-32(35(30)40-3)43-23-28-12-8-5-9-13-28)21-34(38)36-19-18-26-14-16-31(33(20-26)39-2)42-22-27-10-6-4-7-11-27/h4-17,20H,18-19,21-24H2,1-3H3,(H,36,38)/i19D2. The fourth-order valence-electron chi connectivity index (χ4n) is 4.36. The zero-order valence-corrected chi connectivity index (χ0v) is 24.6. The molecule has 0 saturated heterocycles. The van der Waals surface area contributed by atoms with E-state index in [1.807, 2.05) is 60.7 Å². The molecule has 0 aliphatic heterocycles. The number of ether oxygens (including phenoxy) is 5. The van der Waals surface area contributed by atoms with Gasteiger partial charge in [-0.25, -0.2) is 0 Å². The molecule has 8 heteroatoms. The molecule has 224 valence electrons. The maximum Gasteiger partial charge on any atom is 0.302 e. The highest BCUT2D eigenvalue weighted by Crippen LogP contribution is 2.35. The first-order valence-electron chi connectivity index (χ1n) is 14.8. The van der Waals surface area contributed by atoms with Crippen LogP contribution in [0.2, 0.25) is 0 Å². The van der Waals surface area contributed by atoms with Crippen LogP contribution < -0.4 is 24.3 Å². The van der Waals surface area contributed by atoms with Gasteiger partial charge in [-0.05, 0) is 46.9 Å². The molecule has 0 aromatic heterocycles. The van der Waals surface area contributed by atoms with E-state index in [4.69, 9.17) is 26.4 Å². The fraction of sp³-hybridized carbons (Fsp3) is 0.257. The quantitative estimate of drug-likeness (QED) is 0.176. The van der Waals surface area contributed by atoms with Crippen molar-refractivity contribution in [3.8, 4) is 23.0 Å². The third-order valence-electron chi connectivity index (χ3n) is 6.52. The number of aryl methyl sites for hydroxylation is 1. The zero-order valence-electron chi connectivity index (χ0n) is 26.6. The lowest BCUT2D eigenvalue weighted by molar-refractivity contribution is -0.142. The Labute approximate surface area is 255 Å². The summed E-state index contributed by atoms with van der Waals surface area (Å²) in [6.07, 6.45) is -0.287. The van der Waals surface area contributed by atoms with Crippen LogP contribution in [-0.4, -0.2) is 32.6 Å². The van der Waals surface area contributed by atoms with Crippen molar-refractivity contribution in [2.75, 3.05) is 20.7 Å². The van der Waals surface area contributed by atoms with Crippen molar-refractivity contribution < 1.29 is 36.0 Å². The van der Waals surface area contributed by atoms with Crippen molar-refractivity contribution in [1.82, 2.24) is 5.32 Å². The molecule has 0 radical (unpaired) electrons. The minimum Gasteiger partial charge on any atom is -0.493 e. The molecular weight excluding hydrogens is 546 g/mol. The van der Waals surface area contributed by atoms with E-state index in [1.54, 1.807) is 30.3 Å². The molecule has 1 amide bonds. The van der Waals surface area contributed by atoms with Gasteiger partial charge in [0.2, 0.25) is 5.91 Å². The lowest BCUT2D eigenvalue weighted by Gasteiger charge is -2.18. The van der Waals surface area contributed by atoms with Crippen LogP contribution in [0.1, 0.15) is 37.5 Å². The summed E-state index contributed by atoms with van der Waals surface area (Å²) in [5.74, 6) is 0.697. The van der Waals surface area contributed by atoms with Crippen molar-refractivity contribution in [1.29, 1.82) is 0 Å². The number of hydrogen-bond acceptors (Lipinski definition) is 7. The number of nitrogens with one attached hydrogen (secondary N) is 1. The van der Waals surface area contributed by atoms with E-state index in [9.17, 15) is 9.59 Å². The Bertz CT molecular complexity index is 1580. The van der Waals surface area contributed by atoms with Crippen molar-refractivity contribution in [3.63, 3.8) is 0 Å². The van der Waals surface area contributed by atoms with Crippen molar-refractivity contribution in [2.45, 2.75) is 39.6 Å². The number of methoxy groups -OCH3 is 2. The summed E-state index contributed by atoms with van der Waals surface area (Å²) in [4.78, 5) is 24.8. The molecule has 4 aromatic carbocycles. The first kappa shape index (κ1) is 28.2. The smallest absolute Gasteiger partial charge is 0.302 e. The highest BCUT2D eigenvalue weighted by Gasteiger charge is 2.19. The third kappa shape index (κ3) is 9.26. The van der Waals surface area contributed by atoms with Gasteiger partial charge in [-0.1, -0.05) is 72.8 Å². The van der Waals surface area contributed by atoms with E-state index < -0.39 is 18.4 Å². The zero-order chi connectivity index (χ0) is 32.2. The van der Waals surface area contributed by atoms with Crippen LogP contribution in [-0.2, 0) is 47.0 Å². The SMILES string of the molecule is [2H]C([2H])(Cc1ccc(OCc2ccccc2)c(OC)c1)NC(=O)Cc1ccc(OCc2ccccc2)c(OC)c1COC(C)=O. The second kappa shape index (κ2) is 15.9. The molecule has 8 nitrogen and oxygen atoms in total. The summed E-state index contributed by atoms with van der Waals surface area (Å²) in [6, 6.07) is 27.9. The molecule has 4 rings (SSSR count). The molecule has 43 heavy (non-hydrogen) atoms. The van der Waals surface area contributed by atoms with Crippen LogP contribution in [0.5, 0.6) is 23.0 Å². The Balaban J connectivity index is 1.44. The van der Waals surface area contributed by atoms with Crippen LogP contribution in [0.4, 0.5) is 0 Å². The maximum atomic E-state index is 13.1. The molecule has 0 heterocycles. The lowest BCUT2D eigenvalue weighted by Crippen LogP contribution is -2.27. The summed E-state index contributed by atoms with van der Waals surface area (Å²) in [6.45, 7) is -0.282. The van der Waals surface area contributed by atoms with Gasteiger partial charge in [0.25, 0.3) is 0 Å². The molecular formula is C35H37NO7. The Hall–Kier alpha value is -4.98. The molecule has 0 saturated carbocycles. The number of benzene rings is 4. The average Bonchev–Trinajstić information content (AvgIpc) is 3.02. The first-order valence-corrected chi connectivity index (χ1v) is 13.8. The molecule has 0 aliphatic carbocycles. The molecule has 1 N–H and O–H groups in total. The maximum absolute atomic E-state index is 13.1. The van der Waals surface area contributed by atoms with Crippen molar-refractivity contribution in [2.24, 2.45) is 0 Å². The van der Waals surface area contributed by atoms with Crippen LogP contribution in [0.25, 0.3) is 0 Å². The second-order valence-electron chi connectivity index (χ2n) is 9.63. The fourth-order valence-corrected chi connectivity index (χ4v) is 4.36. The van der Waals surface area contributed by atoms with Crippen molar-refractivity contribution in [3.05, 3.63) is 119 Å². The van der Waals surface area contributed by atoms with Gasteiger partial charge < -0.3 is 29.0 Å². The molecule has 0 bridgehead atoms. The first-order chi connectivity index (χ1) is 21.7. The number of rotatable bonds is 15. The normalized spacial score (nSPS) is 11.5. The molecule has 0 aliphatic rings. The van der Waals surface area contributed by atoms with E-state index in [2.05, 4.69) is 5.32 Å². The largest absolute Gasteiger partial charge is 0.493 e. The summed E-state index contributed by atoms with van der Waals surface area (Å²) in [7, 11) is 2.99. The van der Waals surface area contributed by atoms with Crippen LogP contribution in [0.3, 0.4) is 0 Å². The molecule has 0 atom stereocenters. The number of carbonyl (C=O) groups is 2. The number of esters is 1. The Morgan fingerprint density at radius 1 is 0.721 bits per heavy atom. The van der Waals surface area contributed by atoms with Gasteiger partial charge in [0.15, 0.2) is 23.0 Å². The Morgan fingerprint density at radius 2 is 1.35 bits per heavy atom. The van der Waals surface area contributed by atoms with Crippen LogP contribution in [0, 0.1) is 0 Å². The minimum absolute atomic E-state index is 0.107. The van der Waals surface area contributed by atoms with Gasteiger partial charge in [0.1, 0.15) is 19.8 Å². The van der Waals surface area contributed by atoms with Gasteiger partial charge in [0.05, 0.1) is 20.6 Å². The molecule has 0 fully saturated rings. The number of hydrogen-bond donors (Lipinski definition) is 1. The second-order valence-corrected chi connectivity index (χ2v) is 9.63. The van der Waals surface area contributed by atoms with Crippen LogP contribution in [0.15, 0.2) is 91.0 Å². The van der Waals surface area contributed by atoms with E-state index in [0.29, 0.717) is 46.3 Å². The van der Waals surface area contributed by atoms with Crippen molar-refractivity contribution >= 4 is 11.9 Å². The lowest BCUT2D eigenvalue weighted by atomic mass is 10.0. The summed E-state index contributed by atoms with van der Waals surface area (Å²) >= 11 is 0. The van der Waals surface area contributed by atoms with E-state index in [1.165, 1.54) is 21.1 Å². The minimum atomic E-state index is -2.08. The third-order valence-corrected chi connectivity index (χ3v) is 6.52. The average molecular weight is 586 g/mol. The van der Waals surface area contributed by atoms with E-state index in [0.717, 1.165) is 11.1 Å². The number of carbonyl (C=O) groups excluding carboxylic acids is 2. The summed E-state index contributed by atoms with van der Waals surface area (Å²) in [5.41, 5.74) is 3.55. The molecule has 0 unspecified atom stereocenters. The van der Waals surface area contributed by atoms with Gasteiger partial charge >= 0.3 is 5.97 Å². The topological polar surface area (TPSA) is 92.3 Å². The Kier molecular flexibility index (Phi) is 10.4. The highest BCUT2D eigenvalue weighted by atomic mass is 16.5.